The normalized spacial score (nSPS) is 25.5. The summed E-state index contributed by atoms with van der Waals surface area (Å²) in [4.78, 5) is 7.29. The molecular formula is C44H54FNO6S. The predicted octanol–water partition coefficient (Wildman–Crippen LogP) is 9.63. The number of rotatable bonds is 17. The quantitative estimate of drug-likeness (QED) is 0.0809. The third kappa shape index (κ3) is 9.02. The van der Waals surface area contributed by atoms with Gasteiger partial charge in [0.05, 0.1) is 23.5 Å². The van der Waals surface area contributed by atoms with Crippen molar-refractivity contribution >= 4 is 17.5 Å². The molecule has 0 bridgehead atoms. The fourth-order valence-electron chi connectivity index (χ4n) is 8.15. The van der Waals surface area contributed by atoms with E-state index in [-0.39, 0.29) is 54.6 Å². The van der Waals surface area contributed by atoms with Gasteiger partial charge in [0.25, 0.3) is 0 Å². The number of fused-ring (bicyclic) bond motifs is 2. The topological polar surface area (TPSA) is 89.7 Å². The first-order chi connectivity index (χ1) is 25.7. The number of unbranched alkanes of at least 4 members (excludes halogenated alkanes) is 2. The van der Waals surface area contributed by atoms with E-state index in [4.69, 9.17) is 24.2 Å². The molecule has 0 radical (unpaired) electrons. The van der Waals surface area contributed by atoms with Crippen LogP contribution in [0.1, 0.15) is 82.8 Å². The second-order valence-electron chi connectivity index (χ2n) is 15.3. The van der Waals surface area contributed by atoms with Crippen molar-refractivity contribution in [2.75, 3.05) is 19.8 Å². The summed E-state index contributed by atoms with van der Waals surface area (Å²) in [6.45, 7) is 10.7. The molecule has 9 heteroatoms. The van der Waals surface area contributed by atoms with Crippen LogP contribution < -0.4 is 9.47 Å². The largest absolute Gasteiger partial charge is 0.489 e. The molecule has 7 nitrogen and oxygen atoms in total. The van der Waals surface area contributed by atoms with Gasteiger partial charge < -0.3 is 29.3 Å². The van der Waals surface area contributed by atoms with Crippen molar-refractivity contribution in [3.63, 3.8) is 0 Å². The second kappa shape index (κ2) is 17.7. The maximum absolute atomic E-state index is 14.6. The number of ether oxygens (including phenoxy) is 3. The van der Waals surface area contributed by atoms with E-state index < -0.39 is 11.4 Å². The summed E-state index contributed by atoms with van der Waals surface area (Å²) in [5, 5.41) is 24.4. The average Bonchev–Trinajstić information content (AvgIpc) is 3.15. The Balaban J connectivity index is 1.54. The molecule has 1 saturated carbocycles. The van der Waals surface area contributed by atoms with Crippen LogP contribution in [0.2, 0.25) is 0 Å². The van der Waals surface area contributed by atoms with E-state index in [9.17, 15) is 14.6 Å². The summed E-state index contributed by atoms with van der Waals surface area (Å²) in [6.07, 6.45) is 9.68. The minimum atomic E-state index is -1.08. The smallest absolute Gasteiger partial charge is 0.231 e. The zero-order valence-corrected chi connectivity index (χ0v) is 32.0. The highest BCUT2D eigenvalue weighted by Crippen LogP contribution is 2.63. The SMILES string of the molecule is C=CCO[C@@]12Oc3ccc(OCc4ccccc4F)cc3[C@H]3[C@H](CCCCO)[C@@H](CCCCO)C=C(C(=NOC(C)(C)C)C[C@@H]1Sc1ccccc1)[C@H]32. The summed E-state index contributed by atoms with van der Waals surface area (Å²) in [5.41, 5.74) is 2.97. The van der Waals surface area contributed by atoms with Gasteiger partial charge in [-0.3, -0.25) is 0 Å². The lowest BCUT2D eigenvalue weighted by Gasteiger charge is -2.58. The second-order valence-corrected chi connectivity index (χ2v) is 16.5. The number of hydrogen-bond donors (Lipinski definition) is 2. The van der Waals surface area contributed by atoms with E-state index in [2.05, 4.69) is 30.9 Å². The fourth-order valence-corrected chi connectivity index (χ4v) is 9.46. The first-order valence-electron chi connectivity index (χ1n) is 19.0. The van der Waals surface area contributed by atoms with Gasteiger partial charge >= 0.3 is 0 Å². The molecule has 0 spiro atoms. The van der Waals surface area contributed by atoms with Gasteiger partial charge in [0.2, 0.25) is 5.79 Å². The number of nitrogens with zero attached hydrogens (tertiary/aromatic N) is 1. The number of halogens is 1. The third-order valence-electron chi connectivity index (χ3n) is 10.4. The van der Waals surface area contributed by atoms with Gasteiger partial charge in [-0.2, -0.15) is 0 Å². The molecule has 0 amide bonds. The number of hydrogen-bond acceptors (Lipinski definition) is 8. The summed E-state index contributed by atoms with van der Waals surface area (Å²) >= 11 is 1.73. The van der Waals surface area contributed by atoms with Crippen LogP contribution >= 0.6 is 11.8 Å². The molecule has 0 unspecified atom stereocenters. The molecule has 6 rings (SSSR count). The minimum Gasteiger partial charge on any atom is -0.489 e. The van der Waals surface area contributed by atoms with E-state index in [1.165, 1.54) is 6.07 Å². The van der Waals surface area contributed by atoms with Crippen LogP contribution in [0.25, 0.3) is 0 Å². The molecular weight excluding hydrogens is 690 g/mol. The molecule has 284 valence electrons. The van der Waals surface area contributed by atoms with Crippen molar-refractivity contribution in [2.45, 2.75) is 99.8 Å². The molecule has 6 atom stereocenters. The predicted molar refractivity (Wildman–Crippen MR) is 209 cm³/mol. The molecule has 1 heterocycles. The van der Waals surface area contributed by atoms with Crippen LogP contribution in [0, 0.1) is 23.6 Å². The zero-order chi connectivity index (χ0) is 37.4. The molecule has 1 aliphatic heterocycles. The number of aliphatic hydroxyl groups is 2. The number of allylic oxidation sites excluding steroid dienone is 1. The highest BCUT2D eigenvalue weighted by atomic mass is 32.2. The van der Waals surface area contributed by atoms with E-state index in [0.717, 1.165) is 59.6 Å². The maximum atomic E-state index is 14.6. The Morgan fingerprint density at radius 3 is 2.43 bits per heavy atom. The van der Waals surface area contributed by atoms with Crippen LogP contribution in [0.4, 0.5) is 4.39 Å². The maximum Gasteiger partial charge on any atom is 0.231 e. The molecule has 0 aromatic heterocycles. The standard InChI is InChI=1S/C44H54FNO6S/c1-5-25-50-44-40(53-33-17-7-6-8-18-33)28-38(46-52-43(2,3)4)35-26-30(15-11-13-23-47)34(19-12-14-24-48)41(42(35)44)36-27-32(21-22-39(36)51-44)49-29-31-16-9-10-20-37(31)45/h5-10,16-18,20-22,26-27,30,34,40-42,47-48H,1,11-15,19,23-25,28-29H2,2-4H3/t30-,34+,40-,41+,42+,44+/m0/s1. The van der Waals surface area contributed by atoms with Gasteiger partial charge in [-0.05, 0) is 100 Å². The average molecular weight is 744 g/mol. The van der Waals surface area contributed by atoms with E-state index in [1.54, 1.807) is 30.0 Å². The molecule has 1 fully saturated rings. The van der Waals surface area contributed by atoms with Crippen LogP contribution in [0.5, 0.6) is 11.5 Å². The summed E-state index contributed by atoms with van der Waals surface area (Å²) < 4.78 is 35.2. The van der Waals surface area contributed by atoms with Crippen molar-refractivity contribution in [1.82, 2.24) is 0 Å². The lowest BCUT2D eigenvalue weighted by atomic mass is 9.56. The first kappa shape index (κ1) is 39.1. The van der Waals surface area contributed by atoms with Gasteiger partial charge in [-0.25, -0.2) is 4.39 Å². The Hall–Kier alpha value is -3.63. The highest BCUT2D eigenvalue weighted by molar-refractivity contribution is 8.00. The molecule has 2 aliphatic carbocycles. The van der Waals surface area contributed by atoms with Gasteiger partial charge in [-0.1, -0.05) is 66.5 Å². The number of oxime groups is 1. The highest BCUT2D eigenvalue weighted by Gasteiger charge is 2.64. The van der Waals surface area contributed by atoms with Gasteiger partial charge in [0.15, 0.2) is 0 Å². The Labute approximate surface area is 318 Å². The number of thioether (sulfide) groups is 1. The molecule has 0 saturated heterocycles. The Kier molecular flexibility index (Phi) is 13.0. The van der Waals surface area contributed by atoms with Gasteiger partial charge in [0, 0.05) is 41.6 Å². The van der Waals surface area contributed by atoms with Crippen molar-refractivity contribution in [1.29, 1.82) is 0 Å². The van der Waals surface area contributed by atoms with Crippen molar-refractivity contribution in [2.24, 2.45) is 22.9 Å². The Morgan fingerprint density at radius 2 is 1.72 bits per heavy atom. The van der Waals surface area contributed by atoms with Crippen LogP contribution in [-0.2, 0) is 16.2 Å². The Morgan fingerprint density at radius 1 is 0.981 bits per heavy atom. The lowest BCUT2D eigenvalue weighted by Crippen LogP contribution is -2.64. The molecule has 3 aromatic rings. The Bertz CT molecular complexity index is 1740. The summed E-state index contributed by atoms with van der Waals surface area (Å²) in [6, 6.07) is 22.9. The van der Waals surface area contributed by atoms with Crippen LogP contribution in [0.15, 0.2) is 107 Å². The fraction of sp³-hybridized carbons (Fsp3) is 0.477. The van der Waals surface area contributed by atoms with Crippen LogP contribution in [-0.4, -0.2) is 52.4 Å². The number of aliphatic hydroxyl groups excluding tert-OH is 2. The van der Waals surface area contributed by atoms with Crippen LogP contribution in [0.3, 0.4) is 0 Å². The molecule has 53 heavy (non-hydrogen) atoms. The number of benzene rings is 3. The van der Waals surface area contributed by atoms with E-state index in [0.29, 0.717) is 30.8 Å². The van der Waals surface area contributed by atoms with E-state index in [1.807, 2.05) is 57.2 Å². The molecule has 3 aromatic carbocycles. The van der Waals surface area contributed by atoms with Crippen molar-refractivity contribution < 1.29 is 33.7 Å². The van der Waals surface area contributed by atoms with Gasteiger partial charge in [-0.15, -0.1) is 18.3 Å². The lowest BCUT2D eigenvalue weighted by molar-refractivity contribution is -0.223. The van der Waals surface area contributed by atoms with Crippen molar-refractivity contribution in [3.05, 3.63) is 114 Å². The van der Waals surface area contributed by atoms with Gasteiger partial charge in [0.1, 0.15) is 29.5 Å². The third-order valence-corrected chi connectivity index (χ3v) is 11.7. The minimum absolute atomic E-state index is 0.0718. The monoisotopic (exact) mass is 743 g/mol. The molecule has 3 aliphatic rings. The van der Waals surface area contributed by atoms with E-state index >= 15 is 0 Å². The first-order valence-corrected chi connectivity index (χ1v) is 19.9. The summed E-state index contributed by atoms with van der Waals surface area (Å²) in [7, 11) is 0. The summed E-state index contributed by atoms with van der Waals surface area (Å²) in [5.74, 6) is -0.0205. The molecule has 2 N–H and O–H groups in total. The van der Waals surface area contributed by atoms with Crippen molar-refractivity contribution in [3.8, 4) is 11.5 Å². The zero-order valence-electron chi connectivity index (χ0n) is 31.2.